The summed E-state index contributed by atoms with van der Waals surface area (Å²) in [6.45, 7) is 5.04. The molecule has 1 unspecified atom stereocenters. The summed E-state index contributed by atoms with van der Waals surface area (Å²) in [6.07, 6.45) is 6.85. The number of ether oxygens (including phenoxy) is 1. The average Bonchev–Trinajstić information content (AvgIpc) is 3.23. The number of hydrogen-bond acceptors (Lipinski definition) is 5. The van der Waals surface area contributed by atoms with E-state index in [4.69, 9.17) is 4.74 Å². The van der Waals surface area contributed by atoms with E-state index in [9.17, 15) is 0 Å². The van der Waals surface area contributed by atoms with Crippen LogP contribution in [0, 0.1) is 6.92 Å². The van der Waals surface area contributed by atoms with Crippen molar-refractivity contribution in [3.8, 4) is 0 Å². The molecule has 150 valence electrons. The summed E-state index contributed by atoms with van der Waals surface area (Å²) in [7, 11) is 3.46. The van der Waals surface area contributed by atoms with Gasteiger partial charge in [0, 0.05) is 45.9 Å². The molecule has 0 saturated heterocycles. The Morgan fingerprint density at radius 1 is 1.44 bits per heavy atom. The van der Waals surface area contributed by atoms with Crippen molar-refractivity contribution < 1.29 is 4.74 Å². The van der Waals surface area contributed by atoms with Gasteiger partial charge in [-0.25, -0.2) is 9.67 Å². The number of methoxy groups -OCH3 is 1. The van der Waals surface area contributed by atoms with Crippen molar-refractivity contribution in [2.24, 2.45) is 4.99 Å². The Labute approximate surface area is 177 Å². The van der Waals surface area contributed by atoms with Crippen LogP contribution in [-0.4, -0.2) is 57.2 Å². The van der Waals surface area contributed by atoms with Gasteiger partial charge in [-0.1, -0.05) is 0 Å². The van der Waals surface area contributed by atoms with Crippen molar-refractivity contribution in [3.05, 3.63) is 29.6 Å². The van der Waals surface area contributed by atoms with Gasteiger partial charge in [0.2, 0.25) is 0 Å². The first kappa shape index (κ1) is 21.6. The molecule has 0 saturated carbocycles. The van der Waals surface area contributed by atoms with Crippen LogP contribution in [0.4, 0.5) is 0 Å². The van der Waals surface area contributed by atoms with Gasteiger partial charge in [-0.15, -0.1) is 24.0 Å². The average molecular weight is 488 g/mol. The Kier molecular flexibility index (Phi) is 8.48. The fourth-order valence-corrected chi connectivity index (χ4v) is 3.09. The van der Waals surface area contributed by atoms with E-state index in [1.165, 1.54) is 5.56 Å². The van der Waals surface area contributed by atoms with E-state index in [2.05, 4.69) is 43.9 Å². The molecule has 1 aliphatic rings. The number of guanidine groups is 1. The van der Waals surface area contributed by atoms with Crippen LogP contribution in [0.25, 0.3) is 0 Å². The smallest absolute Gasteiger partial charge is 0.191 e. The zero-order chi connectivity index (χ0) is 18.4. The molecule has 27 heavy (non-hydrogen) atoms. The third-order valence-electron chi connectivity index (χ3n) is 4.36. The van der Waals surface area contributed by atoms with E-state index in [1.807, 2.05) is 15.6 Å². The predicted molar refractivity (Wildman–Crippen MR) is 114 cm³/mol. The monoisotopic (exact) mass is 488 g/mol. The SMILES string of the molecule is CN=C(NCCCn1cc(C)cn1)NC1CCc2nc(COC)nn2C1.I. The van der Waals surface area contributed by atoms with Gasteiger partial charge >= 0.3 is 0 Å². The zero-order valence-electron chi connectivity index (χ0n) is 16.2. The van der Waals surface area contributed by atoms with Gasteiger partial charge in [0.05, 0.1) is 12.7 Å². The molecule has 0 bridgehead atoms. The van der Waals surface area contributed by atoms with Gasteiger partial charge in [-0.3, -0.25) is 9.67 Å². The van der Waals surface area contributed by atoms with Crippen LogP contribution in [0.2, 0.25) is 0 Å². The van der Waals surface area contributed by atoms with E-state index in [0.29, 0.717) is 12.6 Å². The van der Waals surface area contributed by atoms with E-state index >= 15 is 0 Å². The summed E-state index contributed by atoms with van der Waals surface area (Å²) < 4.78 is 9.06. The van der Waals surface area contributed by atoms with Gasteiger partial charge < -0.3 is 15.4 Å². The Bertz CT molecular complexity index is 741. The van der Waals surface area contributed by atoms with Crippen molar-refractivity contribution in [2.75, 3.05) is 20.7 Å². The molecule has 0 radical (unpaired) electrons. The summed E-state index contributed by atoms with van der Waals surface area (Å²) >= 11 is 0. The lowest BCUT2D eigenvalue weighted by Crippen LogP contribution is -2.47. The van der Waals surface area contributed by atoms with Crippen molar-refractivity contribution in [1.82, 2.24) is 35.2 Å². The molecule has 1 aliphatic heterocycles. The maximum atomic E-state index is 5.11. The molecule has 0 fully saturated rings. The highest BCUT2D eigenvalue weighted by molar-refractivity contribution is 14.0. The molecule has 3 rings (SSSR count). The van der Waals surface area contributed by atoms with E-state index in [0.717, 1.165) is 56.5 Å². The van der Waals surface area contributed by atoms with Gasteiger partial charge in [0.1, 0.15) is 12.4 Å². The minimum absolute atomic E-state index is 0. The van der Waals surface area contributed by atoms with Crippen LogP contribution < -0.4 is 10.6 Å². The minimum atomic E-state index is 0. The van der Waals surface area contributed by atoms with Crippen molar-refractivity contribution >= 4 is 29.9 Å². The van der Waals surface area contributed by atoms with E-state index in [-0.39, 0.29) is 24.0 Å². The predicted octanol–water partition coefficient (Wildman–Crippen LogP) is 1.12. The van der Waals surface area contributed by atoms with E-state index in [1.54, 1.807) is 14.2 Å². The Balaban J connectivity index is 0.00000261. The highest BCUT2D eigenvalue weighted by atomic mass is 127. The molecule has 2 N–H and O–H groups in total. The number of fused-ring (bicyclic) bond motifs is 1. The molecule has 2 aromatic rings. The summed E-state index contributed by atoms with van der Waals surface area (Å²) in [6, 6.07) is 0.291. The first-order valence-electron chi connectivity index (χ1n) is 9.05. The molecule has 0 spiro atoms. The van der Waals surface area contributed by atoms with Crippen LogP contribution in [0.3, 0.4) is 0 Å². The van der Waals surface area contributed by atoms with E-state index < -0.39 is 0 Å². The largest absolute Gasteiger partial charge is 0.377 e. The van der Waals surface area contributed by atoms with Crippen molar-refractivity contribution in [2.45, 2.75) is 51.9 Å². The van der Waals surface area contributed by atoms with Crippen molar-refractivity contribution in [3.63, 3.8) is 0 Å². The number of aliphatic imine (C=N–C) groups is 1. The first-order chi connectivity index (χ1) is 12.7. The normalized spacial score (nSPS) is 16.6. The number of rotatable bonds is 7. The molecule has 2 aromatic heterocycles. The molecule has 10 heteroatoms. The van der Waals surface area contributed by atoms with Gasteiger partial charge in [-0.2, -0.15) is 10.2 Å². The number of nitrogens with zero attached hydrogens (tertiary/aromatic N) is 6. The molecular weight excluding hydrogens is 459 g/mol. The highest BCUT2D eigenvalue weighted by Gasteiger charge is 2.22. The Morgan fingerprint density at radius 2 is 2.30 bits per heavy atom. The highest BCUT2D eigenvalue weighted by Crippen LogP contribution is 2.13. The number of nitrogens with one attached hydrogen (secondary N) is 2. The number of halogens is 1. The maximum absolute atomic E-state index is 5.11. The van der Waals surface area contributed by atoms with Crippen molar-refractivity contribution in [1.29, 1.82) is 0 Å². The summed E-state index contributed by atoms with van der Waals surface area (Å²) in [5.41, 5.74) is 1.19. The summed E-state index contributed by atoms with van der Waals surface area (Å²) in [4.78, 5) is 8.84. The third kappa shape index (κ3) is 6.16. The van der Waals surface area contributed by atoms with Crippen LogP contribution >= 0.6 is 24.0 Å². The lowest BCUT2D eigenvalue weighted by Gasteiger charge is -2.25. The fourth-order valence-electron chi connectivity index (χ4n) is 3.09. The van der Waals surface area contributed by atoms with Gasteiger partial charge in [-0.05, 0) is 25.3 Å². The van der Waals surface area contributed by atoms with Crippen LogP contribution in [0.15, 0.2) is 17.4 Å². The third-order valence-corrected chi connectivity index (χ3v) is 4.36. The topological polar surface area (TPSA) is 94.2 Å². The molecule has 1 atom stereocenters. The molecule has 9 nitrogen and oxygen atoms in total. The lowest BCUT2D eigenvalue weighted by atomic mass is 10.1. The summed E-state index contributed by atoms with van der Waals surface area (Å²) in [5, 5.41) is 15.7. The van der Waals surface area contributed by atoms with Crippen LogP contribution in [0.1, 0.15) is 30.1 Å². The Morgan fingerprint density at radius 3 is 3.00 bits per heavy atom. The second-order valence-corrected chi connectivity index (χ2v) is 6.57. The molecule has 0 aliphatic carbocycles. The zero-order valence-corrected chi connectivity index (χ0v) is 18.5. The fraction of sp³-hybridized carbons (Fsp3) is 0.647. The number of aromatic nitrogens is 5. The standard InChI is InChI=1S/C17H28N8O.HI/c1-13-9-20-24(10-13)8-4-7-19-17(18-2)21-14-5-6-16-22-15(12-26-3)23-25(16)11-14;/h9-10,14H,4-8,11-12H2,1-3H3,(H2,18,19,21);1H. The van der Waals surface area contributed by atoms with Crippen LogP contribution in [0.5, 0.6) is 0 Å². The summed E-state index contributed by atoms with van der Waals surface area (Å²) in [5.74, 6) is 2.61. The minimum Gasteiger partial charge on any atom is -0.377 e. The molecule has 0 amide bonds. The number of aryl methyl sites for hydroxylation is 3. The molecule has 3 heterocycles. The number of hydrogen-bond donors (Lipinski definition) is 2. The molecule has 0 aromatic carbocycles. The first-order valence-corrected chi connectivity index (χ1v) is 9.05. The second-order valence-electron chi connectivity index (χ2n) is 6.57. The lowest BCUT2D eigenvalue weighted by molar-refractivity contribution is 0.177. The quantitative estimate of drug-likeness (QED) is 0.263. The van der Waals surface area contributed by atoms with Crippen LogP contribution in [-0.2, 0) is 30.9 Å². The second kappa shape index (κ2) is 10.6. The van der Waals surface area contributed by atoms with Gasteiger partial charge in [0.15, 0.2) is 11.8 Å². The molecular formula is C17H29IN8O. The van der Waals surface area contributed by atoms with Gasteiger partial charge in [0.25, 0.3) is 0 Å². The maximum Gasteiger partial charge on any atom is 0.191 e. The Hall–Kier alpha value is -1.69.